The fourth-order valence-corrected chi connectivity index (χ4v) is 1.38. The third kappa shape index (κ3) is 3.32. The highest BCUT2D eigenvalue weighted by molar-refractivity contribution is 5.36. The van der Waals surface area contributed by atoms with Crippen molar-refractivity contribution in [3.63, 3.8) is 0 Å². The Bertz CT molecular complexity index is 455. The van der Waals surface area contributed by atoms with Gasteiger partial charge in [-0.05, 0) is 44.2 Å². The van der Waals surface area contributed by atoms with Gasteiger partial charge in [0.15, 0.2) is 0 Å². The van der Waals surface area contributed by atoms with Crippen LogP contribution in [0.2, 0.25) is 0 Å². The van der Waals surface area contributed by atoms with Gasteiger partial charge in [-0.2, -0.15) is 5.10 Å². The molecule has 0 spiro atoms. The monoisotopic (exact) mass is 232 g/mol. The van der Waals surface area contributed by atoms with Crippen LogP contribution in [0.15, 0.2) is 42.7 Å². The number of hydrogen-bond acceptors (Lipinski definition) is 3. The van der Waals surface area contributed by atoms with E-state index in [-0.39, 0.29) is 6.61 Å². The lowest BCUT2D eigenvalue weighted by Crippen LogP contribution is -2.27. The highest BCUT2D eigenvalue weighted by Crippen LogP contribution is 2.16. The number of ether oxygens (including phenoxy) is 1. The van der Waals surface area contributed by atoms with Gasteiger partial charge >= 0.3 is 0 Å². The van der Waals surface area contributed by atoms with E-state index in [4.69, 9.17) is 4.74 Å². The van der Waals surface area contributed by atoms with E-state index in [9.17, 15) is 5.11 Å². The summed E-state index contributed by atoms with van der Waals surface area (Å²) in [6, 6.07) is 9.45. The molecule has 2 aromatic rings. The first-order chi connectivity index (χ1) is 8.04. The summed E-state index contributed by atoms with van der Waals surface area (Å²) in [5.74, 6) is 0.739. The summed E-state index contributed by atoms with van der Waals surface area (Å²) in [6.07, 6.45) is 3.62. The van der Waals surface area contributed by atoms with Gasteiger partial charge < -0.3 is 9.84 Å². The van der Waals surface area contributed by atoms with Crippen LogP contribution in [-0.4, -0.2) is 27.1 Å². The lowest BCUT2D eigenvalue weighted by atomic mass is 10.2. The van der Waals surface area contributed by atoms with Crippen molar-refractivity contribution in [2.24, 2.45) is 0 Å². The smallest absolute Gasteiger partial charge is 0.119 e. The van der Waals surface area contributed by atoms with Crippen molar-refractivity contribution in [1.82, 2.24) is 9.78 Å². The number of hydrogen-bond donors (Lipinski definition) is 1. The third-order valence-corrected chi connectivity index (χ3v) is 2.20. The summed E-state index contributed by atoms with van der Waals surface area (Å²) in [7, 11) is 0. The molecule has 0 saturated carbocycles. The quantitative estimate of drug-likeness (QED) is 0.877. The Hall–Kier alpha value is -1.81. The second kappa shape index (κ2) is 4.59. The minimum Gasteiger partial charge on any atom is -0.491 e. The molecular formula is C13H16N2O2. The average Bonchev–Trinajstić information content (AvgIpc) is 2.79. The summed E-state index contributed by atoms with van der Waals surface area (Å²) in [5, 5.41) is 13.7. The molecule has 1 N–H and O–H groups in total. The van der Waals surface area contributed by atoms with Crippen LogP contribution in [0.3, 0.4) is 0 Å². The highest BCUT2D eigenvalue weighted by Gasteiger charge is 2.13. The topological polar surface area (TPSA) is 47.3 Å². The van der Waals surface area contributed by atoms with Crippen LogP contribution >= 0.6 is 0 Å². The zero-order chi connectivity index (χ0) is 12.3. The molecular weight excluding hydrogens is 216 g/mol. The van der Waals surface area contributed by atoms with Gasteiger partial charge in [-0.25, -0.2) is 4.68 Å². The van der Waals surface area contributed by atoms with Crippen molar-refractivity contribution in [3.05, 3.63) is 42.7 Å². The second-order valence-corrected chi connectivity index (χ2v) is 4.55. The van der Waals surface area contributed by atoms with Crippen molar-refractivity contribution in [2.45, 2.75) is 19.4 Å². The summed E-state index contributed by atoms with van der Waals surface area (Å²) in [5.41, 5.74) is 0.159. The van der Waals surface area contributed by atoms with Crippen LogP contribution < -0.4 is 4.74 Å². The van der Waals surface area contributed by atoms with E-state index in [0.717, 1.165) is 11.4 Å². The molecule has 0 aliphatic heterocycles. The molecule has 4 nitrogen and oxygen atoms in total. The van der Waals surface area contributed by atoms with Gasteiger partial charge in [0.25, 0.3) is 0 Å². The molecule has 0 amide bonds. The van der Waals surface area contributed by atoms with Gasteiger partial charge in [0, 0.05) is 12.4 Å². The van der Waals surface area contributed by atoms with Crippen LogP contribution in [0.5, 0.6) is 5.75 Å². The largest absolute Gasteiger partial charge is 0.491 e. The molecule has 0 aliphatic carbocycles. The molecule has 4 heteroatoms. The molecule has 1 aromatic carbocycles. The van der Waals surface area contributed by atoms with Crippen LogP contribution in [0, 0.1) is 0 Å². The van der Waals surface area contributed by atoms with E-state index in [1.54, 1.807) is 24.7 Å². The molecule has 0 saturated heterocycles. The molecule has 0 bridgehead atoms. The lowest BCUT2D eigenvalue weighted by molar-refractivity contribution is 0.0285. The number of benzene rings is 1. The Morgan fingerprint density at radius 1 is 1.29 bits per heavy atom. The average molecular weight is 232 g/mol. The van der Waals surface area contributed by atoms with E-state index in [1.165, 1.54) is 0 Å². The highest BCUT2D eigenvalue weighted by atomic mass is 16.5. The molecule has 0 atom stereocenters. The van der Waals surface area contributed by atoms with Gasteiger partial charge in [0.1, 0.15) is 12.4 Å². The van der Waals surface area contributed by atoms with E-state index >= 15 is 0 Å². The first-order valence-corrected chi connectivity index (χ1v) is 5.50. The minimum atomic E-state index is -0.819. The maximum absolute atomic E-state index is 9.54. The Balaban J connectivity index is 2.04. The lowest BCUT2D eigenvalue weighted by Gasteiger charge is -2.17. The van der Waals surface area contributed by atoms with Crippen molar-refractivity contribution < 1.29 is 9.84 Å². The first kappa shape index (κ1) is 11.7. The fourth-order valence-electron chi connectivity index (χ4n) is 1.38. The van der Waals surface area contributed by atoms with Crippen molar-refractivity contribution >= 4 is 0 Å². The van der Waals surface area contributed by atoms with Crippen LogP contribution in [0.1, 0.15) is 13.8 Å². The zero-order valence-electron chi connectivity index (χ0n) is 10.00. The van der Waals surface area contributed by atoms with Gasteiger partial charge in [-0.3, -0.25) is 0 Å². The van der Waals surface area contributed by atoms with Crippen LogP contribution in [-0.2, 0) is 0 Å². The van der Waals surface area contributed by atoms with E-state index in [0.29, 0.717) is 0 Å². The molecule has 1 heterocycles. The molecule has 1 aromatic heterocycles. The zero-order valence-corrected chi connectivity index (χ0v) is 10.00. The Kier molecular flexibility index (Phi) is 3.15. The standard InChI is InChI=1S/C13H16N2O2/c1-13(2,16)10-17-12-6-4-11(5-7-12)15-9-3-8-14-15/h3-9,16H,10H2,1-2H3. The normalized spacial score (nSPS) is 11.5. The van der Waals surface area contributed by atoms with E-state index < -0.39 is 5.60 Å². The molecule has 90 valence electrons. The summed E-state index contributed by atoms with van der Waals surface area (Å²) < 4.78 is 7.24. The van der Waals surface area contributed by atoms with Crippen molar-refractivity contribution in [3.8, 4) is 11.4 Å². The summed E-state index contributed by atoms with van der Waals surface area (Å²) in [4.78, 5) is 0. The summed E-state index contributed by atoms with van der Waals surface area (Å²) >= 11 is 0. The maximum atomic E-state index is 9.54. The molecule has 2 rings (SSSR count). The first-order valence-electron chi connectivity index (χ1n) is 5.50. The minimum absolute atomic E-state index is 0.272. The van der Waals surface area contributed by atoms with Gasteiger partial charge in [-0.1, -0.05) is 0 Å². The van der Waals surface area contributed by atoms with Gasteiger partial charge in [0.2, 0.25) is 0 Å². The molecule has 0 aliphatic rings. The summed E-state index contributed by atoms with van der Waals surface area (Å²) in [6.45, 7) is 3.70. The maximum Gasteiger partial charge on any atom is 0.119 e. The van der Waals surface area contributed by atoms with Crippen LogP contribution in [0.25, 0.3) is 5.69 Å². The Morgan fingerprint density at radius 2 is 2.00 bits per heavy atom. The van der Waals surface area contributed by atoms with Gasteiger partial charge in [-0.15, -0.1) is 0 Å². The van der Waals surface area contributed by atoms with E-state index in [2.05, 4.69) is 5.10 Å². The second-order valence-electron chi connectivity index (χ2n) is 4.55. The van der Waals surface area contributed by atoms with Crippen LogP contribution in [0.4, 0.5) is 0 Å². The predicted octanol–water partition coefficient (Wildman–Crippen LogP) is 2.02. The number of rotatable bonds is 4. The van der Waals surface area contributed by atoms with Crippen molar-refractivity contribution in [1.29, 1.82) is 0 Å². The SMILES string of the molecule is CC(C)(O)COc1ccc(-n2cccn2)cc1. The van der Waals surface area contributed by atoms with Crippen molar-refractivity contribution in [2.75, 3.05) is 6.61 Å². The fraction of sp³-hybridized carbons (Fsp3) is 0.308. The predicted molar refractivity (Wildman–Crippen MR) is 65.4 cm³/mol. The number of aliphatic hydroxyl groups is 1. The molecule has 0 fully saturated rings. The number of nitrogens with zero attached hydrogens (tertiary/aromatic N) is 2. The molecule has 0 unspecified atom stereocenters. The number of aromatic nitrogens is 2. The van der Waals surface area contributed by atoms with E-state index in [1.807, 2.05) is 36.5 Å². The molecule has 0 radical (unpaired) electrons. The third-order valence-electron chi connectivity index (χ3n) is 2.20. The molecule has 17 heavy (non-hydrogen) atoms. The Labute approximate surface area is 100 Å². The Morgan fingerprint density at radius 3 is 2.53 bits per heavy atom. The van der Waals surface area contributed by atoms with Gasteiger partial charge in [0.05, 0.1) is 11.3 Å².